The fourth-order valence-corrected chi connectivity index (χ4v) is 1.82. The maximum atomic E-state index is 9.05. The van der Waals surface area contributed by atoms with E-state index in [1.165, 1.54) is 5.56 Å². The Morgan fingerprint density at radius 2 is 2.06 bits per heavy atom. The quantitative estimate of drug-likeness (QED) is 0.767. The molecular weight excluding hydrogens is 198 g/mol. The van der Waals surface area contributed by atoms with E-state index < -0.39 is 0 Å². The minimum absolute atomic E-state index is 0.0107. The van der Waals surface area contributed by atoms with Gasteiger partial charge in [0.05, 0.1) is 19.1 Å². The molecule has 0 aliphatic rings. The predicted octanol–water partition coefficient (Wildman–Crippen LogP) is 3.84. The fourth-order valence-electron chi connectivity index (χ4n) is 1.82. The lowest BCUT2D eigenvalue weighted by Crippen LogP contribution is -1.99. The van der Waals surface area contributed by atoms with Crippen LogP contribution >= 0.6 is 0 Å². The van der Waals surface area contributed by atoms with Crippen molar-refractivity contribution < 1.29 is 4.74 Å². The number of benzene rings is 1. The summed E-state index contributed by atoms with van der Waals surface area (Å²) >= 11 is 0. The Hall–Kier alpha value is -1.49. The summed E-state index contributed by atoms with van der Waals surface area (Å²) < 4.78 is 5.33. The van der Waals surface area contributed by atoms with Crippen molar-refractivity contribution in [2.45, 2.75) is 39.0 Å². The minimum Gasteiger partial charge on any atom is -0.496 e. The first-order valence-corrected chi connectivity index (χ1v) is 5.71. The summed E-state index contributed by atoms with van der Waals surface area (Å²) in [6.07, 6.45) is 0.848. The maximum absolute atomic E-state index is 9.05. The van der Waals surface area contributed by atoms with Crippen molar-refractivity contribution in [2.75, 3.05) is 7.11 Å². The Morgan fingerprint density at radius 3 is 2.50 bits per heavy atom. The third-order valence-electron chi connectivity index (χ3n) is 2.84. The second-order valence-electron chi connectivity index (χ2n) is 4.25. The SMILES string of the molecule is CCC(C#N)c1ccc(OC)c(C(C)C)c1. The predicted molar refractivity (Wildman–Crippen MR) is 65.7 cm³/mol. The van der Waals surface area contributed by atoms with Crippen LogP contribution in [-0.4, -0.2) is 7.11 Å². The van der Waals surface area contributed by atoms with Gasteiger partial charge in [-0.25, -0.2) is 0 Å². The second-order valence-corrected chi connectivity index (χ2v) is 4.25. The van der Waals surface area contributed by atoms with Crippen LogP contribution in [0.15, 0.2) is 18.2 Å². The highest BCUT2D eigenvalue weighted by Gasteiger charge is 2.13. The molecule has 1 atom stereocenters. The van der Waals surface area contributed by atoms with Gasteiger partial charge in [-0.15, -0.1) is 0 Å². The van der Waals surface area contributed by atoms with E-state index in [4.69, 9.17) is 10.00 Å². The van der Waals surface area contributed by atoms with Crippen LogP contribution in [0.2, 0.25) is 0 Å². The summed E-state index contributed by atoms with van der Waals surface area (Å²) in [5.41, 5.74) is 2.27. The molecule has 86 valence electrons. The summed E-state index contributed by atoms with van der Waals surface area (Å²) in [7, 11) is 1.68. The minimum atomic E-state index is -0.0107. The molecule has 0 spiro atoms. The Bertz CT molecular complexity index is 390. The molecule has 16 heavy (non-hydrogen) atoms. The number of methoxy groups -OCH3 is 1. The first kappa shape index (κ1) is 12.6. The number of rotatable bonds is 4. The number of nitriles is 1. The lowest BCUT2D eigenvalue weighted by atomic mass is 9.92. The van der Waals surface area contributed by atoms with Crippen molar-refractivity contribution in [1.82, 2.24) is 0 Å². The summed E-state index contributed by atoms with van der Waals surface area (Å²) in [6, 6.07) is 8.38. The molecule has 0 amide bonds. The summed E-state index contributed by atoms with van der Waals surface area (Å²) in [6.45, 7) is 6.30. The molecule has 0 aliphatic heterocycles. The largest absolute Gasteiger partial charge is 0.496 e. The molecule has 0 fully saturated rings. The van der Waals surface area contributed by atoms with Crippen molar-refractivity contribution >= 4 is 0 Å². The first-order valence-electron chi connectivity index (χ1n) is 5.71. The van der Waals surface area contributed by atoms with Crippen molar-refractivity contribution in [3.8, 4) is 11.8 Å². The molecule has 1 rings (SSSR count). The molecule has 0 radical (unpaired) electrons. The van der Waals surface area contributed by atoms with Gasteiger partial charge in [-0.3, -0.25) is 0 Å². The molecule has 1 aromatic rings. The number of hydrogen-bond donors (Lipinski definition) is 0. The van der Waals surface area contributed by atoms with E-state index in [-0.39, 0.29) is 5.92 Å². The van der Waals surface area contributed by atoms with E-state index in [1.54, 1.807) is 7.11 Å². The monoisotopic (exact) mass is 217 g/mol. The van der Waals surface area contributed by atoms with Crippen LogP contribution in [0.3, 0.4) is 0 Å². The van der Waals surface area contributed by atoms with Crippen molar-refractivity contribution in [2.24, 2.45) is 0 Å². The zero-order valence-electron chi connectivity index (χ0n) is 10.4. The van der Waals surface area contributed by atoms with Crippen molar-refractivity contribution in [3.05, 3.63) is 29.3 Å². The molecule has 1 aromatic carbocycles. The highest BCUT2D eigenvalue weighted by molar-refractivity contribution is 5.41. The molecule has 0 bridgehead atoms. The average molecular weight is 217 g/mol. The Kier molecular flexibility index (Phi) is 4.37. The molecule has 0 aliphatic carbocycles. The van der Waals surface area contributed by atoms with Gasteiger partial charge in [0.15, 0.2) is 0 Å². The number of ether oxygens (including phenoxy) is 1. The van der Waals surface area contributed by atoms with Gasteiger partial charge >= 0.3 is 0 Å². The molecule has 0 saturated carbocycles. The van der Waals surface area contributed by atoms with Crippen molar-refractivity contribution in [1.29, 1.82) is 5.26 Å². The Morgan fingerprint density at radius 1 is 1.38 bits per heavy atom. The van der Waals surface area contributed by atoms with Crippen LogP contribution < -0.4 is 4.74 Å². The van der Waals surface area contributed by atoms with E-state index >= 15 is 0 Å². The third-order valence-corrected chi connectivity index (χ3v) is 2.84. The lowest BCUT2D eigenvalue weighted by Gasteiger charge is -2.15. The maximum Gasteiger partial charge on any atom is 0.122 e. The Balaban J connectivity index is 3.17. The molecule has 0 saturated heterocycles. The van der Waals surface area contributed by atoms with Crippen LogP contribution in [-0.2, 0) is 0 Å². The second kappa shape index (κ2) is 5.55. The van der Waals surface area contributed by atoms with Crippen LogP contribution in [0.5, 0.6) is 5.75 Å². The molecule has 0 heterocycles. The molecule has 2 heteroatoms. The van der Waals surface area contributed by atoms with Gasteiger partial charge in [-0.1, -0.05) is 32.9 Å². The van der Waals surface area contributed by atoms with E-state index in [2.05, 4.69) is 26.0 Å². The van der Waals surface area contributed by atoms with Gasteiger partial charge in [0.25, 0.3) is 0 Å². The van der Waals surface area contributed by atoms with Crippen LogP contribution in [0.4, 0.5) is 0 Å². The van der Waals surface area contributed by atoms with E-state index in [0.717, 1.165) is 17.7 Å². The molecule has 2 nitrogen and oxygen atoms in total. The summed E-state index contributed by atoms with van der Waals surface area (Å²) in [5, 5.41) is 9.05. The van der Waals surface area contributed by atoms with Gasteiger partial charge in [-0.05, 0) is 29.5 Å². The zero-order valence-corrected chi connectivity index (χ0v) is 10.4. The topological polar surface area (TPSA) is 33.0 Å². The van der Waals surface area contributed by atoms with E-state index in [9.17, 15) is 0 Å². The smallest absolute Gasteiger partial charge is 0.122 e. The van der Waals surface area contributed by atoms with E-state index in [1.807, 2.05) is 19.1 Å². The normalized spacial score (nSPS) is 12.2. The molecule has 1 unspecified atom stereocenters. The highest BCUT2D eigenvalue weighted by Crippen LogP contribution is 2.30. The Labute approximate surface area is 97.9 Å². The molecule has 0 aromatic heterocycles. The zero-order chi connectivity index (χ0) is 12.1. The number of hydrogen-bond acceptors (Lipinski definition) is 2. The van der Waals surface area contributed by atoms with Gasteiger partial charge in [0.2, 0.25) is 0 Å². The van der Waals surface area contributed by atoms with Crippen LogP contribution in [0, 0.1) is 11.3 Å². The van der Waals surface area contributed by atoms with Gasteiger partial charge < -0.3 is 4.74 Å². The highest BCUT2D eigenvalue weighted by atomic mass is 16.5. The molecule has 0 N–H and O–H groups in total. The van der Waals surface area contributed by atoms with Gasteiger partial charge in [0.1, 0.15) is 5.75 Å². The fraction of sp³-hybridized carbons (Fsp3) is 0.500. The van der Waals surface area contributed by atoms with E-state index in [0.29, 0.717) is 5.92 Å². The summed E-state index contributed by atoms with van der Waals surface area (Å²) in [4.78, 5) is 0. The number of nitrogens with zero attached hydrogens (tertiary/aromatic N) is 1. The van der Waals surface area contributed by atoms with Crippen LogP contribution in [0.25, 0.3) is 0 Å². The lowest BCUT2D eigenvalue weighted by molar-refractivity contribution is 0.407. The first-order chi connectivity index (χ1) is 7.63. The standard InChI is InChI=1S/C14H19NO/c1-5-11(9-15)12-6-7-14(16-4)13(8-12)10(2)3/h6-8,10-11H,5H2,1-4H3. The van der Waals surface area contributed by atoms with Crippen LogP contribution in [0.1, 0.15) is 50.2 Å². The summed E-state index contributed by atoms with van der Waals surface area (Å²) in [5.74, 6) is 1.31. The third kappa shape index (κ3) is 2.55. The van der Waals surface area contributed by atoms with Crippen molar-refractivity contribution in [3.63, 3.8) is 0 Å². The van der Waals surface area contributed by atoms with Gasteiger partial charge in [0, 0.05) is 0 Å². The molecular formula is C14H19NO. The average Bonchev–Trinajstić information content (AvgIpc) is 2.30. The van der Waals surface area contributed by atoms with Gasteiger partial charge in [-0.2, -0.15) is 5.26 Å².